The summed E-state index contributed by atoms with van der Waals surface area (Å²) < 4.78 is 0. The smallest absolute Gasteiger partial charge is 0.229 e. The molecule has 0 aliphatic rings. The lowest BCUT2D eigenvalue weighted by molar-refractivity contribution is -0.104. The molecule has 0 bridgehead atoms. The van der Waals surface area contributed by atoms with Crippen molar-refractivity contribution in [2.45, 2.75) is 13.8 Å². The maximum Gasteiger partial charge on any atom is 0.229 e. The van der Waals surface area contributed by atoms with E-state index in [1.807, 2.05) is 38.1 Å². The van der Waals surface area contributed by atoms with Crippen LogP contribution in [0.2, 0.25) is 0 Å². The average Bonchev–Trinajstić information content (AvgIpc) is 2.70. The van der Waals surface area contributed by atoms with E-state index in [2.05, 4.69) is 26.7 Å². The predicted molar refractivity (Wildman–Crippen MR) is 111 cm³/mol. The molecule has 0 aliphatic heterocycles. The fourth-order valence-electron chi connectivity index (χ4n) is 2.81. The van der Waals surface area contributed by atoms with Gasteiger partial charge in [-0.05, 0) is 79.1 Å². The lowest BCUT2D eigenvalue weighted by Gasteiger charge is -2.14. The summed E-state index contributed by atoms with van der Waals surface area (Å²) in [5.74, 6) is 1.11. The summed E-state index contributed by atoms with van der Waals surface area (Å²) in [5.41, 5.74) is 5.43. The average molecular weight is 369 g/mol. The zero-order chi connectivity index (χ0) is 19.9. The molecule has 6 nitrogen and oxygen atoms in total. The first-order chi connectivity index (χ1) is 13.6. The van der Waals surface area contributed by atoms with E-state index in [1.165, 1.54) is 6.08 Å². The second kappa shape index (κ2) is 8.60. The highest BCUT2D eigenvalue weighted by molar-refractivity contribution is 5.76. The summed E-state index contributed by atoms with van der Waals surface area (Å²) in [6.45, 7) is 4.01. The molecule has 3 rings (SSSR count). The van der Waals surface area contributed by atoms with Gasteiger partial charge < -0.3 is 10.6 Å². The van der Waals surface area contributed by atoms with Gasteiger partial charge in [-0.25, -0.2) is 4.98 Å². The molecule has 1 aromatic heterocycles. The molecular formula is C22H19N5O. The van der Waals surface area contributed by atoms with Gasteiger partial charge in [0.25, 0.3) is 0 Å². The van der Waals surface area contributed by atoms with Crippen molar-refractivity contribution in [2.75, 3.05) is 10.6 Å². The molecule has 2 aromatic carbocycles. The van der Waals surface area contributed by atoms with E-state index < -0.39 is 0 Å². The van der Waals surface area contributed by atoms with E-state index in [-0.39, 0.29) is 0 Å². The Kier molecular flexibility index (Phi) is 5.78. The van der Waals surface area contributed by atoms with Crippen LogP contribution in [-0.2, 0) is 4.79 Å². The summed E-state index contributed by atoms with van der Waals surface area (Å²) in [6.07, 6.45) is 5.70. The van der Waals surface area contributed by atoms with E-state index in [0.717, 1.165) is 34.4 Å². The first-order valence-corrected chi connectivity index (χ1v) is 8.69. The molecule has 3 aromatic rings. The molecule has 138 valence electrons. The molecule has 1 heterocycles. The lowest BCUT2D eigenvalue weighted by Crippen LogP contribution is -2.02. The molecule has 0 spiro atoms. The lowest BCUT2D eigenvalue weighted by atomic mass is 10.0. The van der Waals surface area contributed by atoms with Crippen molar-refractivity contribution in [2.24, 2.45) is 0 Å². The number of nitrogens with zero attached hydrogens (tertiary/aromatic N) is 3. The molecule has 0 amide bonds. The number of benzene rings is 2. The van der Waals surface area contributed by atoms with Crippen molar-refractivity contribution in [1.82, 2.24) is 9.97 Å². The largest absolute Gasteiger partial charge is 0.340 e. The van der Waals surface area contributed by atoms with Gasteiger partial charge in [0.1, 0.15) is 12.1 Å². The SMILES string of the molecule is Cc1cc(/C=C/C=O)cc(C)c1Nc1ccnc(Nc2ccc(C#N)cc2)n1. The molecule has 0 unspecified atom stereocenters. The minimum atomic E-state index is 0.454. The van der Waals surface area contributed by atoms with Crippen LogP contribution in [0.1, 0.15) is 22.3 Å². The van der Waals surface area contributed by atoms with Gasteiger partial charge in [-0.15, -0.1) is 0 Å². The summed E-state index contributed by atoms with van der Waals surface area (Å²) in [6, 6.07) is 15.0. The van der Waals surface area contributed by atoms with E-state index in [1.54, 1.807) is 30.5 Å². The number of carbonyl (C=O) groups is 1. The third-order valence-electron chi connectivity index (χ3n) is 4.10. The Balaban J connectivity index is 1.80. The minimum absolute atomic E-state index is 0.454. The highest BCUT2D eigenvalue weighted by atomic mass is 16.1. The van der Waals surface area contributed by atoms with Gasteiger partial charge in [0.05, 0.1) is 11.6 Å². The van der Waals surface area contributed by atoms with Crippen molar-refractivity contribution in [1.29, 1.82) is 5.26 Å². The summed E-state index contributed by atoms with van der Waals surface area (Å²) in [7, 11) is 0. The fraction of sp³-hybridized carbons (Fsp3) is 0.0909. The zero-order valence-electron chi connectivity index (χ0n) is 15.6. The molecule has 0 saturated carbocycles. The number of rotatable bonds is 6. The number of hydrogen-bond acceptors (Lipinski definition) is 6. The highest BCUT2D eigenvalue weighted by Gasteiger charge is 2.07. The molecule has 0 atom stereocenters. The molecule has 2 N–H and O–H groups in total. The van der Waals surface area contributed by atoms with Gasteiger partial charge >= 0.3 is 0 Å². The van der Waals surface area contributed by atoms with Crippen LogP contribution in [0.3, 0.4) is 0 Å². The van der Waals surface area contributed by atoms with Crippen molar-refractivity contribution in [3.63, 3.8) is 0 Å². The van der Waals surface area contributed by atoms with Crippen LogP contribution >= 0.6 is 0 Å². The molecule has 0 saturated heterocycles. The minimum Gasteiger partial charge on any atom is -0.340 e. The Bertz CT molecular complexity index is 1040. The summed E-state index contributed by atoms with van der Waals surface area (Å²) in [4.78, 5) is 19.3. The van der Waals surface area contributed by atoms with Crippen LogP contribution in [0.4, 0.5) is 23.1 Å². The number of carbonyl (C=O) groups excluding carboxylic acids is 1. The van der Waals surface area contributed by atoms with Crippen molar-refractivity contribution in [3.05, 3.63) is 77.0 Å². The third-order valence-corrected chi connectivity index (χ3v) is 4.10. The molecule has 6 heteroatoms. The van der Waals surface area contributed by atoms with Crippen LogP contribution in [0.5, 0.6) is 0 Å². The van der Waals surface area contributed by atoms with Gasteiger partial charge in [0.15, 0.2) is 0 Å². The van der Waals surface area contributed by atoms with Gasteiger partial charge in [0.2, 0.25) is 5.95 Å². The predicted octanol–water partition coefficient (Wildman–Crippen LogP) is 4.66. The number of anilines is 4. The number of aldehydes is 1. The Hall–Kier alpha value is -3.98. The normalized spacial score (nSPS) is 10.5. The number of aryl methyl sites for hydroxylation is 2. The summed E-state index contributed by atoms with van der Waals surface area (Å²) in [5, 5.41) is 15.3. The molecule has 0 radical (unpaired) electrons. The fourth-order valence-corrected chi connectivity index (χ4v) is 2.81. The summed E-state index contributed by atoms with van der Waals surface area (Å²) >= 11 is 0. The van der Waals surface area contributed by atoms with Crippen molar-refractivity contribution >= 4 is 35.5 Å². The van der Waals surface area contributed by atoms with Crippen LogP contribution in [0.25, 0.3) is 6.08 Å². The highest BCUT2D eigenvalue weighted by Crippen LogP contribution is 2.26. The Labute approximate surface area is 163 Å². The van der Waals surface area contributed by atoms with Gasteiger partial charge in [0, 0.05) is 17.6 Å². The van der Waals surface area contributed by atoms with Crippen molar-refractivity contribution < 1.29 is 4.79 Å². The molecule has 0 aliphatic carbocycles. The number of hydrogen-bond donors (Lipinski definition) is 2. The zero-order valence-corrected chi connectivity index (χ0v) is 15.6. The second-order valence-electron chi connectivity index (χ2n) is 6.23. The molecule has 28 heavy (non-hydrogen) atoms. The maximum absolute atomic E-state index is 10.5. The number of allylic oxidation sites excluding steroid dienone is 1. The van der Waals surface area contributed by atoms with E-state index in [0.29, 0.717) is 17.3 Å². The van der Waals surface area contributed by atoms with Gasteiger partial charge in [-0.1, -0.05) is 6.08 Å². The standard InChI is InChI=1S/C22H19N5O/c1-15-12-18(4-3-11-28)13-16(2)21(15)26-20-9-10-24-22(27-20)25-19-7-5-17(14-23)6-8-19/h3-13H,1-2H3,(H2,24,25,26,27)/b4-3+. The third kappa shape index (κ3) is 4.59. The van der Waals surface area contributed by atoms with Gasteiger partial charge in [-0.3, -0.25) is 4.79 Å². The van der Waals surface area contributed by atoms with Crippen LogP contribution in [0.15, 0.2) is 54.7 Å². The van der Waals surface area contributed by atoms with Crippen molar-refractivity contribution in [3.8, 4) is 6.07 Å². The Morgan fingerprint density at radius 1 is 1.04 bits per heavy atom. The first-order valence-electron chi connectivity index (χ1n) is 8.69. The van der Waals surface area contributed by atoms with Gasteiger partial charge in [-0.2, -0.15) is 10.2 Å². The molecule has 0 fully saturated rings. The van der Waals surface area contributed by atoms with E-state index in [9.17, 15) is 4.79 Å². The van der Waals surface area contributed by atoms with Crippen LogP contribution in [-0.4, -0.2) is 16.3 Å². The Morgan fingerprint density at radius 2 is 1.75 bits per heavy atom. The topological polar surface area (TPSA) is 90.7 Å². The second-order valence-corrected chi connectivity index (χ2v) is 6.23. The Morgan fingerprint density at radius 3 is 2.39 bits per heavy atom. The number of aromatic nitrogens is 2. The van der Waals surface area contributed by atoms with E-state index >= 15 is 0 Å². The maximum atomic E-state index is 10.5. The molecular weight excluding hydrogens is 350 g/mol. The van der Waals surface area contributed by atoms with Crippen LogP contribution in [0, 0.1) is 25.2 Å². The van der Waals surface area contributed by atoms with E-state index in [4.69, 9.17) is 5.26 Å². The quantitative estimate of drug-likeness (QED) is 0.485. The van der Waals surface area contributed by atoms with Crippen LogP contribution < -0.4 is 10.6 Å². The monoisotopic (exact) mass is 369 g/mol. The number of nitrogens with one attached hydrogen (secondary N) is 2. The number of nitriles is 1. The first kappa shape index (κ1) is 18.8.